The van der Waals surface area contributed by atoms with Crippen LogP contribution in [0.5, 0.6) is 0 Å². The van der Waals surface area contributed by atoms with Gasteiger partial charge in [0.05, 0.1) is 0 Å². The summed E-state index contributed by atoms with van der Waals surface area (Å²) in [6.07, 6.45) is 4.97. The molecule has 2 heterocycles. The minimum absolute atomic E-state index is 0.0111. The summed E-state index contributed by atoms with van der Waals surface area (Å²) in [5.41, 5.74) is 13.3. The van der Waals surface area contributed by atoms with Crippen molar-refractivity contribution < 1.29 is 0 Å². The second-order valence-electron chi connectivity index (χ2n) is 13.9. The van der Waals surface area contributed by atoms with Crippen molar-refractivity contribution in [1.29, 1.82) is 0 Å². The van der Waals surface area contributed by atoms with E-state index in [1.807, 2.05) is 0 Å². The second kappa shape index (κ2) is 13.5. The number of nitrogens with one attached hydrogen (secondary N) is 1. The molecule has 4 heteroatoms. The summed E-state index contributed by atoms with van der Waals surface area (Å²) in [5.74, 6) is 0. The fourth-order valence-electron chi connectivity index (χ4n) is 9.38. The van der Waals surface area contributed by atoms with Gasteiger partial charge in [0, 0.05) is 0 Å². The number of fused-ring (bicyclic) bond motifs is 5. The molecule has 2 aliphatic heterocycles. The van der Waals surface area contributed by atoms with Gasteiger partial charge >= 0.3 is 288 Å². The summed E-state index contributed by atoms with van der Waals surface area (Å²) in [7, 11) is 0. The van der Waals surface area contributed by atoms with Crippen LogP contribution in [0.3, 0.4) is 0 Å². The van der Waals surface area contributed by atoms with E-state index in [1.165, 1.54) is 43.5 Å². The Kier molecular flexibility index (Phi) is 8.85. The molecule has 0 radical (unpaired) electrons. The van der Waals surface area contributed by atoms with Crippen LogP contribution in [0.25, 0.3) is 0 Å². The van der Waals surface area contributed by atoms with E-state index in [0.717, 1.165) is 31.6 Å². The first-order valence-corrected chi connectivity index (χ1v) is 23.0. The zero-order valence-electron chi connectivity index (χ0n) is 27.5. The topological polar surface area (TPSA) is 38.0 Å². The molecule has 6 aromatic carbocycles. The Balaban J connectivity index is 1.49. The number of hydrogen-bond donors (Lipinski definition) is 2. The third-order valence-electron chi connectivity index (χ3n) is 11.3. The van der Waals surface area contributed by atoms with E-state index >= 15 is 0 Å². The van der Waals surface area contributed by atoms with Crippen LogP contribution in [0.2, 0.25) is 0 Å². The van der Waals surface area contributed by atoms with Crippen LogP contribution >= 0.6 is 13.9 Å². The summed E-state index contributed by atoms with van der Waals surface area (Å²) >= 11 is 0. The SMILES string of the molecule is N[C@H]1Cc2ccccc2C[C@H]2N[C@@H](Cc3ccccc32)C[PH](c2ccccc2)(c2ccccc2)[PH](c2ccccc2)(c2ccccc2)C1. The number of benzene rings is 6. The first-order valence-electron chi connectivity index (χ1n) is 17.6. The monoisotopic (exact) mass is 664 g/mol. The van der Waals surface area contributed by atoms with Crippen LogP contribution < -0.4 is 32.3 Å². The van der Waals surface area contributed by atoms with Crippen molar-refractivity contribution in [3.8, 4) is 0 Å². The van der Waals surface area contributed by atoms with Gasteiger partial charge < -0.3 is 0 Å². The van der Waals surface area contributed by atoms with Gasteiger partial charge in [-0.1, -0.05) is 0 Å². The molecular formula is C44H46N2P2. The van der Waals surface area contributed by atoms with Gasteiger partial charge in [-0.2, -0.15) is 0 Å². The standard InChI is InChI=1S/C44H46N2P2/c45-37-29-34-17-13-14-18-35(34)31-44-43-28-16-15-19-36(43)30-38(46-44)33-48(41-24-9-3-10-25-41,42-26-11-4-12-27-42)47(32-37,39-20-5-1-6-21-39)40-22-7-2-8-23-40/h1-28,37-38,44,46-48H,29-33,45H2/t37-,38-,44+/m0/s1. The van der Waals surface area contributed by atoms with E-state index in [-0.39, 0.29) is 12.1 Å². The average Bonchev–Trinajstić information content (AvgIpc) is 3.15. The Labute approximate surface area is 287 Å². The van der Waals surface area contributed by atoms with Gasteiger partial charge in [0.25, 0.3) is 0 Å². The van der Waals surface area contributed by atoms with Crippen molar-refractivity contribution in [2.45, 2.75) is 37.4 Å². The molecule has 6 aromatic rings. The molecule has 2 nitrogen and oxygen atoms in total. The van der Waals surface area contributed by atoms with Crippen molar-refractivity contribution in [2.75, 3.05) is 12.3 Å². The summed E-state index contributed by atoms with van der Waals surface area (Å²) < 4.78 is 0. The van der Waals surface area contributed by atoms with Gasteiger partial charge in [-0.05, 0) is 0 Å². The van der Waals surface area contributed by atoms with Crippen LogP contribution in [-0.4, -0.2) is 24.4 Å². The zero-order valence-corrected chi connectivity index (χ0v) is 29.5. The van der Waals surface area contributed by atoms with E-state index in [1.54, 1.807) is 0 Å². The zero-order chi connectivity index (χ0) is 32.4. The number of nitrogens with two attached hydrogens (primary N) is 1. The third-order valence-corrected chi connectivity index (χ3v) is 29.3. The average molecular weight is 665 g/mol. The molecule has 3 atom stereocenters. The number of hydrogen-bond acceptors (Lipinski definition) is 2. The molecule has 242 valence electrons. The van der Waals surface area contributed by atoms with Crippen molar-refractivity contribution in [2.24, 2.45) is 5.73 Å². The van der Waals surface area contributed by atoms with Gasteiger partial charge in [-0.15, -0.1) is 0 Å². The maximum absolute atomic E-state index is 7.59. The van der Waals surface area contributed by atoms with Gasteiger partial charge in [-0.25, -0.2) is 0 Å². The van der Waals surface area contributed by atoms with E-state index in [2.05, 4.69) is 175 Å². The summed E-state index contributed by atoms with van der Waals surface area (Å²) in [6.45, 7) is -5.44. The second-order valence-corrected chi connectivity index (χ2v) is 25.8. The van der Waals surface area contributed by atoms with Crippen molar-refractivity contribution in [3.05, 3.63) is 192 Å². The molecule has 0 unspecified atom stereocenters. The van der Waals surface area contributed by atoms with Gasteiger partial charge in [0.15, 0.2) is 0 Å². The molecule has 0 aliphatic carbocycles. The molecule has 0 spiro atoms. The Morgan fingerprint density at radius 1 is 0.417 bits per heavy atom. The van der Waals surface area contributed by atoms with Crippen molar-refractivity contribution >= 4 is 35.1 Å². The maximum atomic E-state index is 7.59. The first kappa shape index (κ1) is 31.4. The normalized spacial score (nSPS) is 22.8. The van der Waals surface area contributed by atoms with Crippen LogP contribution in [0.15, 0.2) is 170 Å². The first-order chi connectivity index (χ1) is 23.7. The predicted octanol–water partition coefficient (Wildman–Crippen LogP) is 7.08. The molecule has 48 heavy (non-hydrogen) atoms. The summed E-state index contributed by atoms with van der Waals surface area (Å²) in [4.78, 5) is 0. The van der Waals surface area contributed by atoms with E-state index in [0.29, 0.717) is 6.04 Å². The Hall–Kier alpha value is -3.90. The molecule has 0 aromatic heterocycles. The van der Waals surface area contributed by atoms with Crippen LogP contribution in [0.1, 0.15) is 28.3 Å². The molecular weight excluding hydrogens is 618 g/mol. The minimum atomic E-state index is -2.73. The molecule has 0 saturated carbocycles. The van der Waals surface area contributed by atoms with Crippen LogP contribution in [0, 0.1) is 0 Å². The summed E-state index contributed by atoms with van der Waals surface area (Å²) in [6, 6.07) is 65.5. The van der Waals surface area contributed by atoms with Gasteiger partial charge in [0.1, 0.15) is 0 Å². The number of rotatable bonds is 4. The van der Waals surface area contributed by atoms with Gasteiger partial charge in [-0.3, -0.25) is 0 Å². The Bertz CT molecular complexity index is 1880. The molecule has 2 bridgehead atoms. The van der Waals surface area contributed by atoms with Crippen molar-refractivity contribution in [3.63, 3.8) is 0 Å². The molecule has 2 aliphatic rings. The molecule has 0 fully saturated rings. The fourth-order valence-corrected chi connectivity index (χ4v) is 30.2. The van der Waals surface area contributed by atoms with Crippen LogP contribution in [0.4, 0.5) is 0 Å². The predicted molar refractivity (Wildman–Crippen MR) is 212 cm³/mol. The Morgan fingerprint density at radius 3 is 1.31 bits per heavy atom. The van der Waals surface area contributed by atoms with Gasteiger partial charge in [0.2, 0.25) is 0 Å². The fraction of sp³-hybridized carbons (Fsp3) is 0.182. The molecule has 0 amide bonds. The molecule has 8 rings (SSSR count). The van der Waals surface area contributed by atoms with Crippen LogP contribution in [-0.2, 0) is 19.3 Å². The van der Waals surface area contributed by atoms with Crippen molar-refractivity contribution in [1.82, 2.24) is 5.32 Å². The van der Waals surface area contributed by atoms with E-state index < -0.39 is 13.9 Å². The third kappa shape index (κ3) is 5.56. The van der Waals surface area contributed by atoms with E-state index in [4.69, 9.17) is 5.73 Å². The van der Waals surface area contributed by atoms with E-state index in [9.17, 15) is 0 Å². The summed E-state index contributed by atoms with van der Waals surface area (Å²) in [5, 5.41) is 10.4. The molecule has 3 N–H and O–H groups in total. The Morgan fingerprint density at radius 2 is 0.812 bits per heavy atom. The molecule has 0 saturated heterocycles. The quantitative estimate of drug-likeness (QED) is 0.198.